The maximum atomic E-state index is 11.8. The van der Waals surface area contributed by atoms with E-state index in [4.69, 9.17) is 16.3 Å². The molecule has 0 atom stereocenters. The Morgan fingerprint density at radius 3 is 3.00 bits per heavy atom. The number of aromatic nitrogens is 2. The highest BCUT2D eigenvalue weighted by Gasteiger charge is 2.16. The van der Waals surface area contributed by atoms with Crippen LogP contribution >= 0.6 is 23.1 Å². The third kappa shape index (κ3) is 3.73. The minimum atomic E-state index is -0.0947. The van der Waals surface area contributed by atoms with Crippen molar-refractivity contribution in [1.29, 1.82) is 0 Å². The Kier molecular flexibility index (Phi) is 5.52. The summed E-state index contributed by atoms with van der Waals surface area (Å²) >= 11 is 6.70. The second kappa shape index (κ2) is 6.71. The van der Waals surface area contributed by atoms with Gasteiger partial charge >= 0.3 is 0 Å². The largest absolute Gasteiger partial charge is 0.383 e. The third-order valence-electron chi connectivity index (χ3n) is 1.78. The zero-order valence-electron chi connectivity index (χ0n) is 8.35. The zero-order chi connectivity index (χ0) is 11.1. The van der Waals surface area contributed by atoms with Crippen molar-refractivity contribution in [3.8, 4) is 0 Å². The first kappa shape index (κ1) is 12.4. The lowest BCUT2D eigenvalue weighted by molar-refractivity contribution is 0.0712. The average Bonchev–Trinajstić information content (AvgIpc) is 2.76. The van der Waals surface area contributed by atoms with E-state index in [1.165, 1.54) is 6.20 Å². The van der Waals surface area contributed by atoms with E-state index in [1.807, 2.05) is 0 Å². The molecule has 7 heteroatoms. The first-order valence-corrected chi connectivity index (χ1v) is 5.72. The lowest BCUT2D eigenvalue weighted by Crippen LogP contribution is -2.35. The zero-order valence-corrected chi connectivity index (χ0v) is 9.92. The maximum Gasteiger partial charge on any atom is 0.267 e. The van der Waals surface area contributed by atoms with E-state index >= 15 is 0 Å². The van der Waals surface area contributed by atoms with Crippen molar-refractivity contribution in [2.75, 3.05) is 32.7 Å². The molecule has 0 fully saturated rings. The second-order valence-electron chi connectivity index (χ2n) is 2.76. The molecule has 15 heavy (non-hydrogen) atoms. The number of alkyl halides is 1. The highest BCUT2D eigenvalue weighted by Crippen LogP contribution is 2.07. The van der Waals surface area contributed by atoms with Gasteiger partial charge in [0.05, 0.1) is 12.8 Å². The average molecular weight is 250 g/mol. The molecule has 0 radical (unpaired) electrons. The van der Waals surface area contributed by atoms with Gasteiger partial charge in [-0.3, -0.25) is 4.79 Å². The van der Waals surface area contributed by atoms with E-state index in [-0.39, 0.29) is 5.91 Å². The molecule has 1 aromatic heterocycles. The van der Waals surface area contributed by atoms with Gasteiger partial charge < -0.3 is 9.64 Å². The van der Waals surface area contributed by atoms with Gasteiger partial charge in [-0.15, -0.1) is 16.7 Å². The second-order valence-corrected chi connectivity index (χ2v) is 3.92. The van der Waals surface area contributed by atoms with Crippen LogP contribution < -0.4 is 0 Å². The van der Waals surface area contributed by atoms with Crippen LogP contribution in [0.15, 0.2) is 6.20 Å². The molecule has 0 aliphatic carbocycles. The standard InChI is InChI=1S/C8H12ClN3O2S/c1-14-5-4-12(3-2-9)8(13)7-6-10-11-15-7/h6H,2-5H2,1H3. The lowest BCUT2D eigenvalue weighted by atomic mass is 10.4. The van der Waals surface area contributed by atoms with Crippen molar-refractivity contribution in [3.05, 3.63) is 11.1 Å². The minimum Gasteiger partial charge on any atom is -0.383 e. The van der Waals surface area contributed by atoms with Crippen LogP contribution in [0.2, 0.25) is 0 Å². The molecule has 1 rings (SSSR count). The van der Waals surface area contributed by atoms with Crippen LogP contribution in [-0.4, -0.2) is 53.1 Å². The predicted molar refractivity (Wildman–Crippen MR) is 58.4 cm³/mol. The van der Waals surface area contributed by atoms with Crippen LogP contribution in [-0.2, 0) is 4.74 Å². The van der Waals surface area contributed by atoms with Crippen LogP contribution in [0.1, 0.15) is 9.67 Å². The van der Waals surface area contributed by atoms with Crippen LogP contribution in [0.3, 0.4) is 0 Å². The number of methoxy groups -OCH3 is 1. The highest BCUT2D eigenvalue weighted by atomic mass is 35.5. The maximum absolute atomic E-state index is 11.8. The molecule has 0 unspecified atom stereocenters. The van der Waals surface area contributed by atoms with Gasteiger partial charge in [0.1, 0.15) is 4.88 Å². The van der Waals surface area contributed by atoms with Gasteiger partial charge in [0, 0.05) is 26.1 Å². The molecule has 0 N–H and O–H groups in total. The highest BCUT2D eigenvalue weighted by molar-refractivity contribution is 7.07. The molecule has 0 aliphatic heterocycles. The summed E-state index contributed by atoms with van der Waals surface area (Å²) in [5.41, 5.74) is 0. The van der Waals surface area contributed by atoms with Gasteiger partial charge in [0.15, 0.2) is 0 Å². The van der Waals surface area contributed by atoms with Crippen molar-refractivity contribution in [2.45, 2.75) is 0 Å². The summed E-state index contributed by atoms with van der Waals surface area (Å²) in [4.78, 5) is 14.0. The number of carbonyl (C=O) groups is 1. The summed E-state index contributed by atoms with van der Waals surface area (Å²) in [5, 5.41) is 3.62. The van der Waals surface area contributed by atoms with Crippen molar-refractivity contribution < 1.29 is 9.53 Å². The molecule has 84 valence electrons. The summed E-state index contributed by atoms with van der Waals surface area (Å²) in [6, 6.07) is 0. The first-order valence-electron chi connectivity index (χ1n) is 4.41. The number of ether oxygens (including phenoxy) is 1. The molecular weight excluding hydrogens is 238 g/mol. The molecule has 0 bridgehead atoms. The van der Waals surface area contributed by atoms with Crippen molar-refractivity contribution >= 4 is 29.0 Å². The van der Waals surface area contributed by atoms with Crippen LogP contribution in [0.25, 0.3) is 0 Å². The molecule has 0 aliphatic rings. The van der Waals surface area contributed by atoms with Gasteiger partial charge in [-0.05, 0) is 11.5 Å². The number of halogens is 1. The summed E-state index contributed by atoms with van der Waals surface area (Å²) in [6.07, 6.45) is 1.46. The normalized spacial score (nSPS) is 10.3. The molecule has 0 spiro atoms. The monoisotopic (exact) mass is 249 g/mol. The minimum absolute atomic E-state index is 0.0947. The van der Waals surface area contributed by atoms with Crippen molar-refractivity contribution in [1.82, 2.24) is 14.5 Å². The Hall–Kier alpha value is -0.720. The Bertz CT molecular complexity index is 294. The lowest BCUT2D eigenvalue weighted by Gasteiger charge is -2.19. The van der Waals surface area contributed by atoms with Crippen molar-refractivity contribution in [2.24, 2.45) is 0 Å². The van der Waals surface area contributed by atoms with E-state index in [2.05, 4.69) is 9.59 Å². The Morgan fingerprint density at radius 1 is 1.67 bits per heavy atom. The molecule has 1 aromatic rings. The molecule has 0 saturated heterocycles. The smallest absolute Gasteiger partial charge is 0.267 e. The van der Waals surface area contributed by atoms with E-state index in [0.29, 0.717) is 30.5 Å². The van der Waals surface area contributed by atoms with Gasteiger partial charge in [-0.1, -0.05) is 4.49 Å². The molecule has 5 nitrogen and oxygen atoms in total. The van der Waals surface area contributed by atoms with E-state index < -0.39 is 0 Å². The van der Waals surface area contributed by atoms with E-state index in [0.717, 1.165) is 11.5 Å². The fraction of sp³-hybridized carbons (Fsp3) is 0.625. The van der Waals surface area contributed by atoms with E-state index in [1.54, 1.807) is 12.0 Å². The first-order chi connectivity index (χ1) is 7.29. The summed E-state index contributed by atoms with van der Waals surface area (Å²) in [7, 11) is 1.59. The summed E-state index contributed by atoms with van der Waals surface area (Å²) in [5.74, 6) is 0.310. The number of carbonyl (C=O) groups excluding carboxylic acids is 1. The fourth-order valence-electron chi connectivity index (χ4n) is 1.04. The number of rotatable bonds is 6. The summed E-state index contributed by atoms with van der Waals surface area (Å²) in [6.45, 7) is 1.52. The Balaban J connectivity index is 2.58. The Labute approximate surface area is 97.1 Å². The van der Waals surface area contributed by atoms with Gasteiger partial charge in [0.2, 0.25) is 0 Å². The van der Waals surface area contributed by atoms with Crippen LogP contribution in [0, 0.1) is 0 Å². The number of hydrogen-bond acceptors (Lipinski definition) is 5. The van der Waals surface area contributed by atoms with Gasteiger partial charge in [0.25, 0.3) is 5.91 Å². The molecule has 1 heterocycles. The number of nitrogens with zero attached hydrogens (tertiary/aromatic N) is 3. The van der Waals surface area contributed by atoms with Crippen molar-refractivity contribution in [3.63, 3.8) is 0 Å². The quantitative estimate of drug-likeness (QED) is 0.702. The fourth-order valence-corrected chi connectivity index (χ4v) is 1.72. The molecule has 0 saturated carbocycles. The van der Waals surface area contributed by atoms with Gasteiger partial charge in [-0.25, -0.2) is 0 Å². The molecule has 1 amide bonds. The summed E-state index contributed by atoms with van der Waals surface area (Å²) < 4.78 is 8.57. The Morgan fingerprint density at radius 2 is 2.47 bits per heavy atom. The SMILES string of the molecule is COCCN(CCCl)C(=O)c1cnns1. The van der Waals surface area contributed by atoms with Crippen LogP contribution in [0.4, 0.5) is 0 Å². The van der Waals surface area contributed by atoms with Gasteiger partial charge in [-0.2, -0.15) is 0 Å². The third-order valence-corrected chi connectivity index (χ3v) is 2.60. The predicted octanol–water partition coefficient (Wildman–Crippen LogP) is 0.866. The van der Waals surface area contributed by atoms with Crippen LogP contribution in [0.5, 0.6) is 0 Å². The number of hydrogen-bond donors (Lipinski definition) is 0. The number of amides is 1. The molecule has 0 aromatic carbocycles. The topological polar surface area (TPSA) is 55.3 Å². The van der Waals surface area contributed by atoms with E-state index in [9.17, 15) is 4.79 Å². The molecular formula is C8H12ClN3O2S.